The van der Waals surface area contributed by atoms with Crippen molar-refractivity contribution >= 4 is 16.7 Å². The number of likely N-dealkylation sites (tertiary alicyclic amines) is 1. The third-order valence-electron chi connectivity index (χ3n) is 5.55. The predicted octanol–water partition coefficient (Wildman–Crippen LogP) is 4.79. The molecular formula is C24H28N2O3. The number of hydrogen-bond donors (Lipinski definition) is 1. The van der Waals surface area contributed by atoms with Crippen LogP contribution < -0.4 is 10.1 Å². The Bertz CT molecular complexity index is 946. The monoisotopic (exact) mass is 392 g/mol. The molecule has 29 heavy (non-hydrogen) atoms. The molecule has 0 saturated carbocycles. The molecule has 5 nitrogen and oxygen atoms in total. The van der Waals surface area contributed by atoms with E-state index in [1.807, 2.05) is 55.5 Å². The van der Waals surface area contributed by atoms with Gasteiger partial charge >= 0.3 is 0 Å². The Labute approximate surface area is 171 Å². The average molecular weight is 392 g/mol. The van der Waals surface area contributed by atoms with Gasteiger partial charge in [0.1, 0.15) is 11.5 Å². The molecule has 0 spiro atoms. The molecule has 2 heterocycles. The number of furan rings is 1. The number of hydrogen-bond acceptors (Lipinski definition) is 4. The molecule has 1 atom stereocenters. The summed E-state index contributed by atoms with van der Waals surface area (Å²) in [5.41, 5.74) is 0.572. The van der Waals surface area contributed by atoms with Gasteiger partial charge in [-0.3, -0.25) is 9.69 Å². The molecule has 152 valence electrons. The third kappa shape index (κ3) is 4.46. The number of piperidine rings is 1. The topological polar surface area (TPSA) is 54.7 Å². The number of carbonyl (C=O) groups is 1. The average Bonchev–Trinajstić information content (AvgIpc) is 3.29. The van der Waals surface area contributed by atoms with Crippen LogP contribution in [0.4, 0.5) is 0 Å². The van der Waals surface area contributed by atoms with Crippen LogP contribution in [-0.2, 0) is 0 Å². The van der Waals surface area contributed by atoms with Crippen LogP contribution in [0.3, 0.4) is 0 Å². The highest BCUT2D eigenvalue weighted by Gasteiger charge is 2.25. The number of rotatable bonds is 7. The van der Waals surface area contributed by atoms with Gasteiger partial charge in [0.05, 0.1) is 24.5 Å². The largest absolute Gasteiger partial charge is 0.493 e. The summed E-state index contributed by atoms with van der Waals surface area (Å²) in [6, 6.07) is 15.8. The van der Waals surface area contributed by atoms with Crippen molar-refractivity contribution in [1.82, 2.24) is 10.2 Å². The molecule has 5 heteroatoms. The Hall–Kier alpha value is -2.79. The minimum Gasteiger partial charge on any atom is -0.493 e. The lowest BCUT2D eigenvalue weighted by atomic mass is 10.0. The van der Waals surface area contributed by atoms with Crippen LogP contribution >= 0.6 is 0 Å². The molecule has 0 aliphatic carbocycles. The second-order valence-corrected chi connectivity index (χ2v) is 7.47. The molecule has 3 aromatic rings. The van der Waals surface area contributed by atoms with Crippen LogP contribution in [0.25, 0.3) is 10.8 Å². The molecule has 0 bridgehead atoms. The van der Waals surface area contributed by atoms with Crippen molar-refractivity contribution < 1.29 is 13.9 Å². The first-order valence-corrected chi connectivity index (χ1v) is 10.5. The van der Waals surface area contributed by atoms with E-state index in [2.05, 4.69) is 10.2 Å². The van der Waals surface area contributed by atoms with Gasteiger partial charge in [0.25, 0.3) is 5.91 Å². The van der Waals surface area contributed by atoms with Crippen LogP contribution in [-0.4, -0.2) is 37.0 Å². The zero-order valence-corrected chi connectivity index (χ0v) is 16.9. The summed E-state index contributed by atoms with van der Waals surface area (Å²) in [7, 11) is 0. The van der Waals surface area contributed by atoms with Crippen LogP contribution in [0.5, 0.6) is 5.75 Å². The molecule has 1 saturated heterocycles. The molecule has 2 aromatic carbocycles. The Morgan fingerprint density at radius 2 is 1.86 bits per heavy atom. The Kier molecular flexibility index (Phi) is 6.15. The van der Waals surface area contributed by atoms with Crippen LogP contribution in [0, 0.1) is 0 Å². The number of nitrogens with one attached hydrogen (secondary N) is 1. The van der Waals surface area contributed by atoms with E-state index in [-0.39, 0.29) is 11.9 Å². The van der Waals surface area contributed by atoms with Crippen molar-refractivity contribution in [1.29, 1.82) is 0 Å². The molecule has 1 aliphatic rings. The maximum atomic E-state index is 13.1. The van der Waals surface area contributed by atoms with Gasteiger partial charge in [0.15, 0.2) is 0 Å². The van der Waals surface area contributed by atoms with Gasteiger partial charge in [-0.05, 0) is 67.9 Å². The van der Waals surface area contributed by atoms with Gasteiger partial charge in [0.2, 0.25) is 0 Å². The highest BCUT2D eigenvalue weighted by molar-refractivity contribution is 6.01. The molecule has 1 aliphatic heterocycles. The van der Waals surface area contributed by atoms with E-state index in [1.54, 1.807) is 6.26 Å². The minimum absolute atomic E-state index is 0.0465. The summed E-state index contributed by atoms with van der Waals surface area (Å²) in [5, 5.41) is 5.22. The molecule has 1 unspecified atom stereocenters. The van der Waals surface area contributed by atoms with Gasteiger partial charge < -0.3 is 14.5 Å². The smallest absolute Gasteiger partial charge is 0.255 e. The fraction of sp³-hybridized carbons (Fsp3) is 0.375. The fourth-order valence-electron chi connectivity index (χ4n) is 4.08. The normalized spacial score (nSPS) is 15.9. The third-order valence-corrected chi connectivity index (χ3v) is 5.55. The second-order valence-electron chi connectivity index (χ2n) is 7.47. The maximum absolute atomic E-state index is 13.1. The van der Waals surface area contributed by atoms with Crippen LogP contribution in [0.15, 0.2) is 59.2 Å². The van der Waals surface area contributed by atoms with Crippen LogP contribution in [0.2, 0.25) is 0 Å². The summed E-state index contributed by atoms with van der Waals surface area (Å²) in [6.07, 6.45) is 5.34. The lowest BCUT2D eigenvalue weighted by molar-refractivity contribution is 0.0910. The number of fused-ring (bicyclic) bond motifs is 1. The summed E-state index contributed by atoms with van der Waals surface area (Å²) in [5.74, 6) is 1.40. The van der Waals surface area contributed by atoms with E-state index in [0.717, 1.165) is 29.6 Å². The van der Waals surface area contributed by atoms with E-state index in [0.29, 0.717) is 24.5 Å². The molecule has 1 N–H and O–H groups in total. The summed E-state index contributed by atoms with van der Waals surface area (Å²) < 4.78 is 11.5. The van der Waals surface area contributed by atoms with Gasteiger partial charge in [-0.15, -0.1) is 0 Å². The lowest BCUT2D eigenvalue weighted by Crippen LogP contribution is -2.40. The van der Waals surface area contributed by atoms with Crippen molar-refractivity contribution in [3.8, 4) is 5.75 Å². The summed E-state index contributed by atoms with van der Waals surface area (Å²) in [6.45, 7) is 5.01. The SMILES string of the molecule is CCOc1cc2ccccc2cc1C(=O)NCC(c1ccco1)N1CCCCC1. The highest BCUT2D eigenvalue weighted by Crippen LogP contribution is 2.28. The zero-order valence-electron chi connectivity index (χ0n) is 16.9. The highest BCUT2D eigenvalue weighted by atomic mass is 16.5. The summed E-state index contributed by atoms with van der Waals surface area (Å²) >= 11 is 0. The number of amides is 1. The first kappa shape index (κ1) is 19.5. The van der Waals surface area contributed by atoms with Crippen molar-refractivity contribution in [2.45, 2.75) is 32.2 Å². The van der Waals surface area contributed by atoms with Gasteiger partial charge in [-0.2, -0.15) is 0 Å². The summed E-state index contributed by atoms with van der Waals surface area (Å²) in [4.78, 5) is 15.5. The van der Waals surface area contributed by atoms with E-state index in [9.17, 15) is 4.79 Å². The molecule has 1 amide bonds. The van der Waals surface area contributed by atoms with Crippen LogP contribution in [0.1, 0.15) is 48.3 Å². The van der Waals surface area contributed by atoms with Gasteiger partial charge in [-0.25, -0.2) is 0 Å². The second kappa shape index (κ2) is 9.14. The number of benzene rings is 2. The lowest BCUT2D eigenvalue weighted by Gasteiger charge is -2.33. The number of carbonyl (C=O) groups excluding carboxylic acids is 1. The first-order chi connectivity index (χ1) is 14.3. The first-order valence-electron chi connectivity index (χ1n) is 10.5. The van der Waals surface area contributed by atoms with Crippen molar-refractivity contribution in [2.24, 2.45) is 0 Å². The minimum atomic E-state index is -0.118. The Morgan fingerprint density at radius 1 is 1.10 bits per heavy atom. The number of ether oxygens (including phenoxy) is 1. The molecule has 0 radical (unpaired) electrons. The molecule has 1 fully saturated rings. The fourth-order valence-corrected chi connectivity index (χ4v) is 4.08. The van der Waals surface area contributed by atoms with Crippen molar-refractivity contribution in [2.75, 3.05) is 26.2 Å². The molecular weight excluding hydrogens is 364 g/mol. The van der Waals surface area contributed by atoms with Crippen molar-refractivity contribution in [3.63, 3.8) is 0 Å². The van der Waals surface area contributed by atoms with E-state index in [1.165, 1.54) is 19.3 Å². The quantitative estimate of drug-likeness (QED) is 0.628. The predicted molar refractivity (Wildman–Crippen MR) is 114 cm³/mol. The molecule has 1 aromatic heterocycles. The van der Waals surface area contributed by atoms with E-state index < -0.39 is 0 Å². The number of nitrogens with zero attached hydrogens (tertiary/aromatic N) is 1. The standard InChI is InChI=1S/C24H28N2O3/c1-2-28-23-16-19-10-5-4-9-18(19)15-20(23)24(27)25-17-21(22-11-8-14-29-22)26-12-6-3-7-13-26/h4-5,8-11,14-16,21H,2-3,6-7,12-13,17H2,1H3,(H,25,27). The Balaban J connectivity index is 1.55. The van der Waals surface area contributed by atoms with Gasteiger partial charge in [-0.1, -0.05) is 30.7 Å². The van der Waals surface area contributed by atoms with E-state index in [4.69, 9.17) is 9.15 Å². The van der Waals surface area contributed by atoms with Crippen molar-refractivity contribution in [3.05, 3.63) is 66.1 Å². The zero-order chi connectivity index (χ0) is 20.1. The Morgan fingerprint density at radius 3 is 2.55 bits per heavy atom. The van der Waals surface area contributed by atoms with Gasteiger partial charge in [0, 0.05) is 6.54 Å². The van der Waals surface area contributed by atoms with E-state index >= 15 is 0 Å². The maximum Gasteiger partial charge on any atom is 0.255 e. The molecule has 4 rings (SSSR count).